The van der Waals surface area contributed by atoms with E-state index in [-0.39, 0.29) is 11.8 Å². The fraction of sp³-hybridized carbons (Fsp3) is 0.312. The number of aromatic nitrogens is 2. The van der Waals surface area contributed by atoms with Crippen LogP contribution in [-0.2, 0) is 14.8 Å². The Hall–Kier alpha value is -1.88. The van der Waals surface area contributed by atoms with Gasteiger partial charge in [0.15, 0.2) is 0 Å². The summed E-state index contributed by atoms with van der Waals surface area (Å²) in [6, 6.07) is 8.82. The largest absolute Gasteiger partial charge is 0.324 e. The first-order chi connectivity index (χ1) is 12.6. The second-order valence-electron chi connectivity index (χ2n) is 6.04. The maximum atomic E-state index is 12.6. The first-order valence-electron chi connectivity index (χ1n) is 8.11. The molecule has 2 aromatic heterocycles. The van der Waals surface area contributed by atoms with Crippen molar-refractivity contribution in [2.75, 3.05) is 18.4 Å². The van der Waals surface area contributed by atoms with Gasteiger partial charge < -0.3 is 5.32 Å². The van der Waals surface area contributed by atoms with Crippen molar-refractivity contribution >= 4 is 55.7 Å². The van der Waals surface area contributed by atoms with E-state index in [1.807, 2.05) is 12.1 Å². The van der Waals surface area contributed by atoms with Crippen molar-refractivity contribution < 1.29 is 13.2 Å². The molecule has 3 heterocycles. The highest BCUT2D eigenvalue weighted by Crippen LogP contribution is 2.28. The molecule has 1 N–H and O–H groups in total. The Bertz CT molecular complexity index is 1020. The van der Waals surface area contributed by atoms with Gasteiger partial charge in [-0.3, -0.25) is 4.79 Å². The number of amides is 1. The third-order valence-corrected chi connectivity index (χ3v) is 8.27. The van der Waals surface area contributed by atoms with Crippen LogP contribution in [0.4, 0.5) is 5.69 Å². The van der Waals surface area contributed by atoms with Gasteiger partial charge >= 0.3 is 0 Å². The van der Waals surface area contributed by atoms with Crippen LogP contribution in [0.15, 0.2) is 39.9 Å². The molecule has 0 aliphatic carbocycles. The Morgan fingerprint density at radius 2 is 1.96 bits per heavy atom. The Morgan fingerprint density at radius 1 is 1.15 bits per heavy atom. The van der Waals surface area contributed by atoms with Gasteiger partial charge in [-0.05, 0) is 36.4 Å². The fourth-order valence-corrected chi connectivity index (χ4v) is 6.20. The minimum absolute atomic E-state index is 0.0985. The number of rotatable bonds is 4. The highest BCUT2D eigenvalue weighted by Gasteiger charge is 2.32. The Kier molecular flexibility index (Phi) is 4.74. The Morgan fingerprint density at radius 3 is 2.69 bits per heavy atom. The summed E-state index contributed by atoms with van der Waals surface area (Å²) < 4.78 is 35.3. The first-order valence-corrected chi connectivity index (χ1v) is 11.2. The quantitative estimate of drug-likeness (QED) is 0.717. The molecule has 0 saturated carbocycles. The van der Waals surface area contributed by atoms with Crippen LogP contribution in [0.5, 0.6) is 0 Å². The van der Waals surface area contributed by atoms with E-state index < -0.39 is 10.0 Å². The minimum Gasteiger partial charge on any atom is -0.324 e. The van der Waals surface area contributed by atoms with Gasteiger partial charge in [-0.25, -0.2) is 8.42 Å². The molecule has 4 rings (SSSR count). The van der Waals surface area contributed by atoms with E-state index in [9.17, 15) is 13.2 Å². The molecule has 136 valence electrons. The molecule has 10 heteroatoms. The molecule has 1 saturated heterocycles. The number of anilines is 1. The molecule has 26 heavy (non-hydrogen) atoms. The lowest BCUT2D eigenvalue weighted by Gasteiger charge is -2.30. The van der Waals surface area contributed by atoms with Gasteiger partial charge in [0, 0.05) is 19.0 Å². The van der Waals surface area contributed by atoms with Crippen LogP contribution in [0.1, 0.15) is 12.8 Å². The summed E-state index contributed by atoms with van der Waals surface area (Å²) in [6.45, 7) is 0.696. The Labute approximate surface area is 159 Å². The number of benzene rings is 1. The first kappa shape index (κ1) is 17.5. The number of hydrogen-bond donors (Lipinski definition) is 1. The molecule has 1 fully saturated rings. The molecule has 0 spiro atoms. The number of fused-ring (bicyclic) bond motifs is 1. The Balaban J connectivity index is 1.42. The smallest absolute Gasteiger partial charge is 0.252 e. The van der Waals surface area contributed by atoms with Crippen molar-refractivity contribution in [3.8, 4) is 0 Å². The standard InChI is InChI=1S/C16H16N4O3S3/c21-16(17-12-3-1-4-13-15(12)19-25-18-13)11-6-8-20(9-7-11)26(22,23)14-5-2-10-24-14/h1-5,10-11H,6-9H2,(H,17,21). The SMILES string of the molecule is O=C(Nc1cccc2nsnc12)C1CCN(S(=O)(=O)c2cccs2)CC1. The third kappa shape index (κ3) is 3.25. The summed E-state index contributed by atoms with van der Waals surface area (Å²) in [6.07, 6.45) is 1.00. The second kappa shape index (κ2) is 7.03. The van der Waals surface area contributed by atoms with Crippen LogP contribution in [0, 0.1) is 5.92 Å². The molecule has 0 radical (unpaired) electrons. The van der Waals surface area contributed by atoms with E-state index in [2.05, 4.69) is 14.1 Å². The van der Waals surface area contributed by atoms with Gasteiger partial charge in [-0.2, -0.15) is 13.1 Å². The zero-order valence-electron chi connectivity index (χ0n) is 13.7. The second-order valence-corrected chi connectivity index (χ2v) is 9.68. The molecule has 7 nitrogen and oxygen atoms in total. The van der Waals surface area contributed by atoms with E-state index >= 15 is 0 Å². The molecule has 1 aliphatic rings. The van der Waals surface area contributed by atoms with Crippen molar-refractivity contribution in [3.63, 3.8) is 0 Å². The topological polar surface area (TPSA) is 92.3 Å². The average Bonchev–Trinajstić information content (AvgIpc) is 3.34. The minimum atomic E-state index is -3.44. The van der Waals surface area contributed by atoms with Crippen LogP contribution in [-0.4, -0.2) is 40.5 Å². The van der Waals surface area contributed by atoms with Crippen molar-refractivity contribution in [1.29, 1.82) is 0 Å². The normalized spacial score (nSPS) is 16.8. The summed E-state index contributed by atoms with van der Waals surface area (Å²) in [5.41, 5.74) is 2.09. The molecule has 1 aromatic carbocycles. The molecule has 0 atom stereocenters. The lowest BCUT2D eigenvalue weighted by Crippen LogP contribution is -2.41. The molecular formula is C16H16N4O3S3. The van der Waals surface area contributed by atoms with Crippen LogP contribution in [0.3, 0.4) is 0 Å². The number of sulfonamides is 1. The number of nitrogens with one attached hydrogen (secondary N) is 1. The van der Waals surface area contributed by atoms with Gasteiger partial charge in [0.25, 0.3) is 10.0 Å². The average molecular weight is 409 g/mol. The van der Waals surface area contributed by atoms with E-state index in [0.717, 1.165) is 17.2 Å². The maximum Gasteiger partial charge on any atom is 0.252 e. The number of hydrogen-bond acceptors (Lipinski definition) is 7. The predicted octanol–water partition coefficient (Wildman–Crippen LogP) is 2.79. The van der Waals surface area contributed by atoms with Crippen molar-refractivity contribution in [1.82, 2.24) is 13.1 Å². The molecule has 3 aromatic rings. The molecule has 0 bridgehead atoms. The highest BCUT2D eigenvalue weighted by atomic mass is 32.2. The van der Waals surface area contributed by atoms with Gasteiger partial charge in [0.2, 0.25) is 5.91 Å². The monoisotopic (exact) mass is 408 g/mol. The summed E-state index contributed by atoms with van der Waals surface area (Å²) in [7, 11) is -3.44. The number of piperidine rings is 1. The summed E-state index contributed by atoms with van der Waals surface area (Å²) in [5.74, 6) is -0.315. The van der Waals surface area contributed by atoms with Crippen LogP contribution >= 0.6 is 23.1 Å². The number of carbonyl (C=O) groups is 1. The van der Waals surface area contributed by atoms with E-state index in [1.54, 1.807) is 23.6 Å². The molecular weight excluding hydrogens is 392 g/mol. The van der Waals surface area contributed by atoms with Gasteiger partial charge in [0.05, 0.1) is 17.4 Å². The van der Waals surface area contributed by atoms with Crippen molar-refractivity contribution in [2.24, 2.45) is 5.92 Å². The van der Waals surface area contributed by atoms with Crippen molar-refractivity contribution in [2.45, 2.75) is 17.1 Å². The van der Waals surface area contributed by atoms with E-state index in [4.69, 9.17) is 0 Å². The van der Waals surface area contributed by atoms with Gasteiger partial charge in [-0.1, -0.05) is 12.1 Å². The van der Waals surface area contributed by atoms with Crippen LogP contribution in [0.2, 0.25) is 0 Å². The summed E-state index contributed by atoms with van der Waals surface area (Å²) in [5, 5.41) is 4.67. The van der Waals surface area contributed by atoms with E-state index in [1.165, 1.54) is 15.6 Å². The third-order valence-electron chi connectivity index (χ3n) is 4.46. The summed E-state index contributed by atoms with van der Waals surface area (Å²) >= 11 is 2.32. The highest BCUT2D eigenvalue weighted by molar-refractivity contribution is 7.91. The number of carbonyl (C=O) groups excluding carboxylic acids is 1. The van der Waals surface area contributed by atoms with Gasteiger partial charge in [0.1, 0.15) is 15.2 Å². The van der Waals surface area contributed by atoms with Crippen molar-refractivity contribution in [3.05, 3.63) is 35.7 Å². The maximum absolute atomic E-state index is 12.6. The molecule has 0 unspecified atom stereocenters. The zero-order valence-corrected chi connectivity index (χ0v) is 16.1. The van der Waals surface area contributed by atoms with Gasteiger partial charge in [-0.15, -0.1) is 11.3 Å². The lowest BCUT2D eigenvalue weighted by atomic mass is 9.97. The van der Waals surface area contributed by atoms with Crippen LogP contribution in [0.25, 0.3) is 11.0 Å². The van der Waals surface area contributed by atoms with Crippen LogP contribution < -0.4 is 5.32 Å². The fourth-order valence-electron chi connectivity index (χ4n) is 3.04. The summed E-state index contributed by atoms with van der Waals surface area (Å²) in [4.78, 5) is 12.6. The molecule has 1 aliphatic heterocycles. The van der Waals surface area contributed by atoms with E-state index in [0.29, 0.717) is 41.3 Å². The number of thiophene rings is 1. The predicted molar refractivity (Wildman–Crippen MR) is 102 cm³/mol. The lowest BCUT2D eigenvalue weighted by molar-refractivity contribution is -0.120. The zero-order chi connectivity index (χ0) is 18.1. The number of nitrogens with zero attached hydrogens (tertiary/aromatic N) is 3. The molecule has 1 amide bonds.